The zero-order chi connectivity index (χ0) is 14.3. The Morgan fingerprint density at radius 2 is 2.11 bits per heavy atom. The first-order valence-electron chi connectivity index (χ1n) is 6.41. The molecular weight excluding hydrogens is 264 g/mol. The molecule has 0 fully saturated rings. The van der Waals surface area contributed by atoms with E-state index >= 15 is 0 Å². The normalized spacial score (nSPS) is 11.3. The quantitative estimate of drug-likeness (QED) is 0.766. The molecule has 0 saturated carbocycles. The molecule has 106 valence electrons. The summed E-state index contributed by atoms with van der Waals surface area (Å²) in [6.07, 6.45) is 1.62. The molecule has 5 nitrogen and oxygen atoms in total. The zero-order valence-electron chi connectivity index (χ0n) is 11.3. The minimum Gasteiger partial charge on any atom is -0.481 e. The number of aromatic nitrogens is 1. The molecule has 1 heterocycles. The number of rotatable bonds is 8. The number of nitrogens with zero attached hydrogens (tertiary/aromatic N) is 1. The van der Waals surface area contributed by atoms with Gasteiger partial charge in [0, 0.05) is 24.8 Å². The number of carbonyl (C=O) groups is 2. The van der Waals surface area contributed by atoms with Gasteiger partial charge in [0.1, 0.15) is 0 Å². The van der Waals surface area contributed by atoms with Gasteiger partial charge in [0.15, 0.2) is 0 Å². The molecule has 0 atom stereocenters. The predicted molar refractivity (Wildman–Crippen MR) is 74.1 cm³/mol. The number of hydrogen-bond acceptors (Lipinski definition) is 4. The molecular formula is C13H20N2O3S. The summed E-state index contributed by atoms with van der Waals surface area (Å²) in [7, 11) is 0. The molecule has 0 aliphatic rings. The second-order valence-electron chi connectivity index (χ2n) is 4.55. The van der Waals surface area contributed by atoms with E-state index < -0.39 is 11.4 Å². The minimum absolute atomic E-state index is 0.0341. The van der Waals surface area contributed by atoms with Crippen LogP contribution in [0.2, 0.25) is 0 Å². The Morgan fingerprint density at radius 1 is 1.42 bits per heavy atom. The van der Waals surface area contributed by atoms with Crippen LogP contribution < -0.4 is 5.32 Å². The van der Waals surface area contributed by atoms with Crippen LogP contribution in [0.4, 0.5) is 0 Å². The molecule has 19 heavy (non-hydrogen) atoms. The molecule has 1 amide bonds. The van der Waals surface area contributed by atoms with E-state index in [4.69, 9.17) is 0 Å². The number of hydrogen-bond donors (Lipinski definition) is 2. The highest BCUT2D eigenvalue weighted by molar-refractivity contribution is 7.07. The first kappa shape index (κ1) is 15.6. The maximum absolute atomic E-state index is 11.8. The molecule has 0 bridgehead atoms. The predicted octanol–water partition coefficient (Wildman–Crippen LogP) is 2.08. The van der Waals surface area contributed by atoms with E-state index in [1.165, 1.54) is 11.3 Å². The molecule has 1 aromatic rings. The van der Waals surface area contributed by atoms with Crippen molar-refractivity contribution < 1.29 is 14.7 Å². The van der Waals surface area contributed by atoms with Crippen molar-refractivity contribution in [3.05, 3.63) is 16.6 Å². The Hall–Kier alpha value is -1.43. The highest BCUT2D eigenvalue weighted by atomic mass is 32.1. The van der Waals surface area contributed by atoms with E-state index in [9.17, 15) is 14.7 Å². The first-order chi connectivity index (χ1) is 9.04. The van der Waals surface area contributed by atoms with Gasteiger partial charge < -0.3 is 10.4 Å². The van der Waals surface area contributed by atoms with Gasteiger partial charge in [-0.1, -0.05) is 13.8 Å². The molecule has 6 heteroatoms. The third-order valence-corrected chi connectivity index (χ3v) is 4.13. The summed E-state index contributed by atoms with van der Waals surface area (Å²) in [6, 6.07) is 0. The molecule has 0 unspecified atom stereocenters. The molecule has 0 saturated heterocycles. The first-order valence-corrected chi connectivity index (χ1v) is 7.35. The fourth-order valence-corrected chi connectivity index (χ4v) is 2.53. The smallest absolute Gasteiger partial charge is 0.310 e. The third kappa shape index (κ3) is 4.31. The van der Waals surface area contributed by atoms with Crippen LogP contribution in [-0.4, -0.2) is 28.5 Å². The van der Waals surface area contributed by atoms with Crippen LogP contribution in [0, 0.1) is 5.41 Å². The summed E-state index contributed by atoms with van der Waals surface area (Å²) < 4.78 is 0. The second kappa shape index (κ2) is 7.23. The number of amides is 1. The van der Waals surface area contributed by atoms with Gasteiger partial charge in [0.25, 0.3) is 0 Å². The zero-order valence-corrected chi connectivity index (χ0v) is 12.1. The lowest BCUT2D eigenvalue weighted by molar-refractivity contribution is -0.152. The number of carboxylic acids is 1. The average molecular weight is 284 g/mol. The summed E-state index contributed by atoms with van der Waals surface area (Å²) >= 11 is 1.52. The van der Waals surface area contributed by atoms with Gasteiger partial charge in [0.2, 0.25) is 5.91 Å². The number of carboxylic acid groups (broad SMARTS) is 1. The summed E-state index contributed by atoms with van der Waals surface area (Å²) in [5.74, 6) is -1.10. The molecule has 1 aromatic heterocycles. The highest BCUT2D eigenvalue weighted by Gasteiger charge is 2.36. The Labute approximate surface area is 117 Å². The molecule has 0 radical (unpaired) electrons. The van der Waals surface area contributed by atoms with E-state index in [0.29, 0.717) is 25.8 Å². The Kier molecular flexibility index (Phi) is 5.95. The summed E-state index contributed by atoms with van der Waals surface area (Å²) in [5.41, 5.74) is 1.76. The standard InChI is InChI=1S/C13H20N2O3S/c1-3-13(4-2,12(17)18)7-11(16)14-6-5-10-8-19-9-15-10/h8-9H,3-7H2,1-2H3,(H,14,16)(H,17,18). The van der Waals surface area contributed by atoms with Gasteiger partial charge in [-0.15, -0.1) is 11.3 Å². The SMILES string of the molecule is CCC(CC)(CC(=O)NCCc1cscn1)C(=O)O. The Balaban J connectivity index is 2.43. The van der Waals surface area contributed by atoms with Gasteiger partial charge in [-0.2, -0.15) is 0 Å². The lowest BCUT2D eigenvalue weighted by atomic mass is 9.79. The van der Waals surface area contributed by atoms with Crippen LogP contribution in [0.25, 0.3) is 0 Å². The van der Waals surface area contributed by atoms with Crippen molar-refractivity contribution in [2.45, 2.75) is 39.5 Å². The van der Waals surface area contributed by atoms with Crippen LogP contribution in [0.15, 0.2) is 10.9 Å². The van der Waals surface area contributed by atoms with Crippen molar-refractivity contribution in [2.75, 3.05) is 6.54 Å². The molecule has 0 spiro atoms. The largest absolute Gasteiger partial charge is 0.481 e. The van der Waals surface area contributed by atoms with Crippen LogP contribution >= 0.6 is 11.3 Å². The van der Waals surface area contributed by atoms with Crippen molar-refractivity contribution in [2.24, 2.45) is 5.41 Å². The van der Waals surface area contributed by atoms with Crippen LogP contribution in [0.5, 0.6) is 0 Å². The van der Waals surface area contributed by atoms with Crippen molar-refractivity contribution in [1.82, 2.24) is 10.3 Å². The number of carbonyl (C=O) groups excluding carboxylic acids is 1. The fraction of sp³-hybridized carbons (Fsp3) is 0.615. The van der Waals surface area contributed by atoms with Crippen LogP contribution in [0.1, 0.15) is 38.8 Å². The Bertz CT molecular complexity index is 414. The van der Waals surface area contributed by atoms with Gasteiger partial charge in [-0.05, 0) is 12.8 Å². The molecule has 0 aliphatic heterocycles. The molecule has 0 aliphatic carbocycles. The van der Waals surface area contributed by atoms with Crippen LogP contribution in [-0.2, 0) is 16.0 Å². The molecule has 1 rings (SSSR count). The molecule has 2 N–H and O–H groups in total. The van der Waals surface area contributed by atoms with E-state index in [-0.39, 0.29) is 12.3 Å². The van der Waals surface area contributed by atoms with Crippen molar-refractivity contribution >= 4 is 23.2 Å². The highest BCUT2D eigenvalue weighted by Crippen LogP contribution is 2.30. The van der Waals surface area contributed by atoms with E-state index in [2.05, 4.69) is 10.3 Å². The van der Waals surface area contributed by atoms with Crippen molar-refractivity contribution in [1.29, 1.82) is 0 Å². The van der Waals surface area contributed by atoms with E-state index in [0.717, 1.165) is 5.69 Å². The lowest BCUT2D eigenvalue weighted by Crippen LogP contribution is -2.37. The van der Waals surface area contributed by atoms with Gasteiger partial charge in [-0.3, -0.25) is 9.59 Å². The van der Waals surface area contributed by atoms with Crippen molar-refractivity contribution in [3.8, 4) is 0 Å². The Morgan fingerprint density at radius 3 is 2.58 bits per heavy atom. The molecule has 0 aromatic carbocycles. The summed E-state index contributed by atoms with van der Waals surface area (Å²) in [4.78, 5) is 27.2. The average Bonchev–Trinajstić information content (AvgIpc) is 2.89. The summed E-state index contributed by atoms with van der Waals surface area (Å²) in [6.45, 7) is 4.10. The van der Waals surface area contributed by atoms with Gasteiger partial charge >= 0.3 is 5.97 Å². The van der Waals surface area contributed by atoms with Gasteiger partial charge in [-0.25, -0.2) is 4.98 Å². The second-order valence-corrected chi connectivity index (χ2v) is 5.27. The van der Waals surface area contributed by atoms with E-state index in [1.54, 1.807) is 19.4 Å². The number of nitrogens with one attached hydrogen (secondary N) is 1. The number of aliphatic carboxylic acids is 1. The van der Waals surface area contributed by atoms with E-state index in [1.807, 2.05) is 5.38 Å². The summed E-state index contributed by atoms with van der Waals surface area (Å²) in [5, 5.41) is 14.0. The lowest BCUT2D eigenvalue weighted by Gasteiger charge is -2.25. The monoisotopic (exact) mass is 284 g/mol. The maximum atomic E-state index is 11.8. The van der Waals surface area contributed by atoms with Crippen molar-refractivity contribution in [3.63, 3.8) is 0 Å². The third-order valence-electron chi connectivity index (χ3n) is 3.49. The minimum atomic E-state index is -0.940. The van der Waals surface area contributed by atoms with Gasteiger partial charge in [0.05, 0.1) is 16.6 Å². The maximum Gasteiger partial charge on any atom is 0.310 e. The topological polar surface area (TPSA) is 79.3 Å². The van der Waals surface area contributed by atoms with Crippen LogP contribution in [0.3, 0.4) is 0 Å². The number of thiazole rings is 1. The fourth-order valence-electron chi connectivity index (χ4n) is 1.94.